The Kier molecular flexibility index (Phi) is 3.83. The predicted molar refractivity (Wildman–Crippen MR) is 74.6 cm³/mol. The summed E-state index contributed by atoms with van der Waals surface area (Å²) < 4.78 is 5.19. The number of anilines is 2. The minimum absolute atomic E-state index is 0.438. The summed E-state index contributed by atoms with van der Waals surface area (Å²) in [5.74, 6) is 0.246. The number of carbonyl (C=O) groups is 1. The molecule has 0 spiro atoms. The Balaban J connectivity index is 2.30. The Morgan fingerprint density at radius 2 is 2.26 bits per heavy atom. The van der Waals surface area contributed by atoms with Crippen LogP contribution in [-0.4, -0.2) is 30.8 Å². The van der Waals surface area contributed by atoms with E-state index in [2.05, 4.69) is 6.92 Å². The van der Waals surface area contributed by atoms with Crippen LogP contribution < -0.4 is 15.4 Å². The van der Waals surface area contributed by atoms with Gasteiger partial charge in [0.2, 0.25) is 0 Å². The lowest BCUT2D eigenvalue weighted by Crippen LogP contribution is -2.47. The topological polar surface area (TPSA) is 75.8 Å². The molecule has 1 aromatic carbocycles. The second-order valence-electron chi connectivity index (χ2n) is 5.10. The smallest absolute Gasteiger partial charge is 0.326 e. The maximum Gasteiger partial charge on any atom is 0.326 e. The van der Waals surface area contributed by atoms with Crippen molar-refractivity contribution in [3.63, 3.8) is 0 Å². The second-order valence-corrected chi connectivity index (χ2v) is 5.10. The first-order valence-electron chi connectivity index (χ1n) is 6.46. The highest BCUT2D eigenvalue weighted by molar-refractivity contribution is 5.79. The van der Waals surface area contributed by atoms with Crippen molar-refractivity contribution in [3.05, 3.63) is 18.2 Å². The summed E-state index contributed by atoms with van der Waals surface area (Å²) in [5, 5.41) is 9.37. The normalized spacial score (nSPS) is 23.2. The van der Waals surface area contributed by atoms with Crippen LogP contribution in [0.5, 0.6) is 5.75 Å². The molecule has 1 aliphatic rings. The molecule has 104 valence electrons. The number of nitrogens with zero attached hydrogens (tertiary/aromatic N) is 1. The molecular weight excluding hydrogens is 244 g/mol. The molecule has 2 atom stereocenters. The van der Waals surface area contributed by atoms with Crippen molar-refractivity contribution in [2.24, 2.45) is 5.92 Å². The van der Waals surface area contributed by atoms with Crippen LogP contribution in [0.4, 0.5) is 11.4 Å². The summed E-state index contributed by atoms with van der Waals surface area (Å²) in [6.07, 6.45) is 1.67. The molecule has 3 N–H and O–H groups in total. The number of ether oxygens (including phenoxy) is 1. The summed E-state index contributed by atoms with van der Waals surface area (Å²) in [4.78, 5) is 13.3. The lowest BCUT2D eigenvalue weighted by molar-refractivity contribution is -0.139. The SMILES string of the molecule is COc1cc(N2CCC(C)CC2C(=O)O)ccc1N. The first-order chi connectivity index (χ1) is 9.02. The van der Waals surface area contributed by atoms with Crippen molar-refractivity contribution in [2.45, 2.75) is 25.8 Å². The van der Waals surface area contributed by atoms with Gasteiger partial charge in [-0.15, -0.1) is 0 Å². The van der Waals surface area contributed by atoms with Crippen LogP contribution in [-0.2, 0) is 4.79 Å². The molecule has 0 aliphatic carbocycles. The van der Waals surface area contributed by atoms with Gasteiger partial charge >= 0.3 is 5.97 Å². The molecule has 0 radical (unpaired) electrons. The number of nitrogens with two attached hydrogens (primary N) is 1. The van der Waals surface area contributed by atoms with Gasteiger partial charge in [-0.2, -0.15) is 0 Å². The molecule has 0 amide bonds. The first kappa shape index (κ1) is 13.5. The Hall–Kier alpha value is -1.91. The molecule has 2 unspecified atom stereocenters. The van der Waals surface area contributed by atoms with E-state index >= 15 is 0 Å². The third-order valence-corrected chi connectivity index (χ3v) is 3.70. The summed E-state index contributed by atoms with van der Waals surface area (Å²) in [5.41, 5.74) is 7.20. The molecule has 1 heterocycles. The third kappa shape index (κ3) is 2.75. The monoisotopic (exact) mass is 264 g/mol. The number of nitrogen functional groups attached to an aromatic ring is 1. The highest BCUT2D eigenvalue weighted by Crippen LogP contribution is 2.32. The van der Waals surface area contributed by atoms with Crippen molar-refractivity contribution in [3.8, 4) is 5.75 Å². The molecule has 0 bridgehead atoms. The number of hydrogen-bond acceptors (Lipinski definition) is 4. The minimum Gasteiger partial charge on any atom is -0.495 e. The molecule has 1 saturated heterocycles. The molecule has 19 heavy (non-hydrogen) atoms. The van der Waals surface area contributed by atoms with E-state index in [9.17, 15) is 9.90 Å². The molecule has 0 aromatic heterocycles. The second kappa shape index (κ2) is 5.38. The van der Waals surface area contributed by atoms with Crippen LogP contribution in [0.15, 0.2) is 18.2 Å². The lowest BCUT2D eigenvalue weighted by Gasteiger charge is -2.37. The first-order valence-corrected chi connectivity index (χ1v) is 6.46. The van der Waals surface area contributed by atoms with E-state index in [4.69, 9.17) is 10.5 Å². The lowest BCUT2D eigenvalue weighted by atomic mass is 9.92. The van der Waals surface area contributed by atoms with Crippen molar-refractivity contribution in [2.75, 3.05) is 24.3 Å². The van der Waals surface area contributed by atoms with E-state index in [1.165, 1.54) is 0 Å². The fourth-order valence-corrected chi connectivity index (χ4v) is 2.56. The van der Waals surface area contributed by atoms with Crippen molar-refractivity contribution in [1.29, 1.82) is 0 Å². The predicted octanol–water partition coefficient (Wildman–Crippen LogP) is 1.97. The minimum atomic E-state index is -0.776. The van der Waals surface area contributed by atoms with Gasteiger partial charge in [0.25, 0.3) is 0 Å². The quantitative estimate of drug-likeness (QED) is 0.816. The van der Waals surface area contributed by atoms with Gasteiger partial charge in [0.15, 0.2) is 0 Å². The van der Waals surface area contributed by atoms with Crippen molar-refractivity contribution in [1.82, 2.24) is 0 Å². The molecule has 1 aromatic rings. The van der Waals surface area contributed by atoms with Crippen LogP contribution >= 0.6 is 0 Å². The number of benzene rings is 1. The summed E-state index contributed by atoms with van der Waals surface area (Å²) in [6.45, 7) is 2.84. The van der Waals surface area contributed by atoms with Gasteiger partial charge < -0.3 is 20.5 Å². The van der Waals surface area contributed by atoms with Crippen molar-refractivity contribution < 1.29 is 14.6 Å². The van der Waals surface area contributed by atoms with Crippen LogP contribution in [0.1, 0.15) is 19.8 Å². The Morgan fingerprint density at radius 3 is 2.89 bits per heavy atom. The fourth-order valence-electron chi connectivity index (χ4n) is 2.56. The molecular formula is C14H20N2O3. The molecule has 5 heteroatoms. The highest BCUT2D eigenvalue weighted by atomic mass is 16.5. The van der Waals surface area contributed by atoms with E-state index in [1.807, 2.05) is 11.0 Å². The summed E-state index contributed by atoms with van der Waals surface area (Å²) in [6, 6.07) is 4.94. The summed E-state index contributed by atoms with van der Waals surface area (Å²) in [7, 11) is 1.56. The Morgan fingerprint density at radius 1 is 1.53 bits per heavy atom. The number of carboxylic acid groups (broad SMARTS) is 1. The van der Waals surface area contributed by atoms with Gasteiger partial charge in [-0.3, -0.25) is 0 Å². The molecule has 0 saturated carbocycles. The van der Waals surface area contributed by atoms with Gasteiger partial charge in [-0.25, -0.2) is 4.79 Å². The zero-order valence-electron chi connectivity index (χ0n) is 11.3. The maximum absolute atomic E-state index is 11.4. The van der Waals surface area contributed by atoms with Gasteiger partial charge in [0.05, 0.1) is 12.8 Å². The average molecular weight is 264 g/mol. The zero-order chi connectivity index (χ0) is 14.0. The third-order valence-electron chi connectivity index (χ3n) is 3.70. The Labute approximate surface area is 113 Å². The van der Waals surface area contributed by atoms with Gasteiger partial charge in [-0.05, 0) is 30.9 Å². The van der Waals surface area contributed by atoms with Crippen molar-refractivity contribution >= 4 is 17.3 Å². The van der Waals surface area contributed by atoms with Crippen LogP contribution in [0.2, 0.25) is 0 Å². The highest BCUT2D eigenvalue weighted by Gasteiger charge is 2.32. The van der Waals surface area contributed by atoms with E-state index in [0.717, 1.165) is 18.7 Å². The van der Waals surface area contributed by atoms with Crippen LogP contribution in [0.25, 0.3) is 0 Å². The molecule has 5 nitrogen and oxygen atoms in total. The van der Waals surface area contributed by atoms with E-state index in [-0.39, 0.29) is 0 Å². The number of carboxylic acids is 1. The molecule has 2 rings (SSSR count). The van der Waals surface area contributed by atoms with Gasteiger partial charge in [0.1, 0.15) is 11.8 Å². The summed E-state index contributed by atoms with van der Waals surface area (Å²) >= 11 is 0. The van der Waals surface area contributed by atoms with E-state index < -0.39 is 12.0 Å². The van der Waals surface area contributed by atoms with E-state index in [0.29, 0.717) is 23.8 Å². The van der Waals surface area contributed by atoms with Gasteiger partial charge in [0, 0.05) is 18.3 Å². The standard InChI is InChI=1S/C14H20N2O3/c1-9-5-6-16(12(7-9)14(17)18)10-3-4-11(15)13(8-10)19-2/h3-4,8-9,12H,5-7,15H2,1-2H3,(H,17,18). The average Bonchev–Trinajstić information content (AvgIpc) is 2.39. The fraction of sp³-hybridized carbons (Fsp3) is 0.500. The van der Waals surface area contributed by atoms with Crippen LogP contribution in [0.3, 0.4) is 0 Å². The molecule has 1 aliphatic heterocycles. The number of methoxy groups -OCH3 is 1. The Bertz CT molecular complexity index is 476. The number of piperidine rings is 1. The number of hydrogen-bond donors (Lipinski definition) is 2. The maximum atomic E-state index is 11.4. The van der Waals surface area contributed by atoms with E-state index in [1.54, 1.807) is 19.2 Å². The molecule has 1 fully saturated rings. The van der Waals surface area contributed by atoms with Gasteiger partial charge in [-0.1, -0.05) is 6.92 Å². The number of aliphatic carboxylic acids is 1. The number of rotatable bonds is 3. The largest absolute Gasteiger partial charge is 0.495 e. The van der Waals surface area contributed by atoms with Crippen LogP contribution in [0, 0.1) is 5.92 Å². The zero-order valence-corrected chi connectivity index (χ0v) is 11.3.